The molecule has 1 aliphatic carbocycles. The maximum atomic E-state index is 13.6. The van der Waals surface area contributed by atoms with Crippen molar-refractivity contribution in [3.63, 3.8) is 0 Å². The summed E-state index contributed by atoms with van der Waals surface area (Å²) in [4.78, 5) is 13.6. The summed E-state index contributed by atoms with van der Waals surface area (Å²) in [6.45, 7) is 6.13. The average Bonchev–Trinajstić information content (AvgIpc) is 3.38. The Bertz CT molecular complexity index is 2010. The van der Waals surface area contributed by atoms with Crippen molar-refractivity contribution in [1.29, 1.82) is 0 Å². The van der Waals surface area contributed by atoms with Crippen LogP contribution in [0.3, 0.4) is 0 Å². The van der Waals surface area contributed by atoms with Crippen LogP contribution >= 0.6 is 0 Å². The van der Waals surface area contributed by atoms with Gasteiger partial charge in [0.2, 0.25) is 10.0 Å². The highest BCUT2D eigenvalue weighted by Gasteiger charge is 2.40. The fourth-order valence-corrected chi connectivity index (χ4v) is 6.01. The van der Waals surface area contributed by atoms with Gasteiger partial charge in [-0.3, -0.25) is 9.52 Å². The van der Waals surface area contributed by atoms with Gasteiger partial charge in [-0.2, -0.15) is 5.10 Å². The zero-order valence-electron chi connectivity index (χ0n) is 25.8. The molecule has 1 fully saturated rings. The predicted octanol–water partition coefficient (Wildman–Crippen LogP) is 5.67. The van der Waals surface area contributed by atoms with E-state index in [-0.39, 0.29) is 22.8 Å². The first-order valence-electron chi connectivity index (χ1n) is 14.7. The molecule has 0 bridgehead atoms. The number of carbonyl (C=O) groups excluding carboxylic acids is 1. The predicted molar refractivity (Wildman–Crippen MR) is 174 cm³/mol. The highest BCUT2D eigenvalue weighted by atomic mass is 32.2. The van der Waals surface area contributed by atoms with Crippen molar-refractivity contribution in [2.75, 3.05) is 23.4 Å². The van der Waals surface area contributed by atoms with Crippen LogP contribution in [0.25, 0.3) is 22.6 Å². The zero-order valence-corrected chi connectivity index (χ0v) is 26.6. The summed E-state index contributed by atoms with van der Waals surface area (Å²) < 4.78 is 35.9. The van der Waals surface area contributed by atoms with E-state index in [1.807, 2.05) is 60.3 Å². The standard InChI is InChI=1S/C33H35N7O4S/c1-6-29-25(19-34-40(29)24-10-8-7-9-11-24)28-20-39(38-36-28)30-16-22(13-12-21(30)2)32(41)35-26-17-23(33(3)14-15-33)18-27(31(26)44-4)37-45(5,42)43/h7-13,16-20,37H,6,14-15H2,1-5H3,(H,35,41). The second-order valence-electron chi connectivity index (χ2n) is 11.6. The number of hydrogen-bond acceptors (Lipinski definition) is 7. The van der Waals surface area contributed by atoms with Gasteiger partial charge in [0.25, 0.3) is 5.91 Å². The highest BCUT2D eigenvalue weighted by molar-refractivity contribution is 7.92. The summed E-state index contributed by atoms with van der Waals surface area (Å²) in [5.41, 5.74) is 7.02. The van der Waals surface area contributed by atoms with Crippen molar-refractivity contribution in [3.8, 4) is 28.4 Å². The third-order valence-electron chi connectivity index (χ3n) is 8.23. The van der Waals surface area contributed by atoms with Crippen LogP contribution in [0.2, 0.25) is 0 Å². The maximum absolute atomic E-state index is 13.6. The van der Waals surface area contributed by atoms with Crippen LogP contribution in [0.4, 0.5) is 11.4 Å². The normalized spacial score (nSPS) is 13.8. The van der Waals surface area contributed by atoms with Gasteiger partial charge in [-0.05, 0) is 79.1 Å². The van der Waals surface area contributed by atoms with Gasteiger partial charge in [0.1, 0.15) is 5.69 Å². The molecular weight excluding hydrogens is 590 g/mol. The van der Waals surface area contributed by atoms with Gasteiger partial charge in [0.05, 0.1) is 54.2 Å². The molecule has 0 atom stereocenters. The molecule has 3 aromatic carbocycles. The highest BCUT2D eigenvalue weighted by Crippen LogP contribution is 2.50. The number of sulfonamides is 1. The number of amides is 1. The summed E-state index contributed by atoms with van der Waals surface area (Å²) in [7, 11) is -2.15. The van der Waals surface area contributed by atoms with Gasteiger partial charge in [-0.1, -0.05) is 43.3 Å². The number of carbonyl (C=O) groups is 1. The molecule has 0 radical (unpaired) electrons. The lowest BCUT2D eigenvalue weighted by Crippen LogP contribution is -2.17. The Morgan fingerprint density at radius 1 is 1.07 bits per heavy atom. The minimum absolute atomic E-state index is 0.0866. The molecule has 0 spiro atoms. The van der Waals surface area contributed by atoms with Crippen LogP contribution in [0, 0.1) is 6.92 Å². The largest absolute Gasteiger partial charge is 0.492 e. The average molecular weight is 626 g/mol. The molecule has 6 rings (SSSR count). The molecular formula is C33H35N7O4S. The first-order valence-corrected chi connectivity index (χ1v) is 16.6. The molecule has 0 unspecified atom stereocenters. The number of nitrogens with one attached hydrogen (secondary N) is 2. The van der Waals surface area contributed by atoms with Crippen molar-refractivity contribution >= 4 is 27.3 Å². The minimum Gasteiger partial charge on any atom is -0.492 e. The van der Waals surface area contributed by atoms with Crippen LogP contribution in [0.15, 0.2) is 73.1 Å². The fourth-order valence-electron chi connectivity index (χ4n) is 5.46. The van der Waals surface area contributed by atoms with Crippen molar-refractivity contribution in [1.82, 2.24) is 24.8 Å². The number of para-hydroxylation sites is 1. The lowest BCUT2D eigenvalue weighted by molar-refractivity contribution is 0.102. The maximum Gasteiger partial charge on any atom is 0.255 e. The third kappa shape index (κ3) is 6.05. The van der Waals surface area contributed by atoms with E-state index in [0.717, 1.165) is 53.6 Å². The van der Waals surface area contributed by atoms with Crippen LogP contribution in [0.5, 0.6) is 5.75 Å². The molecule has 12 heteroatoms. The van der Waals surface area contributed by atoms with Gasteiger partial charge < -0.3 is 10.1 Å². The van der Waals surface area contributed by atoms with E-state index in [1.165, 1.54) is 7.11 Å². The fraction of sp³-hybridized carbons (Fsp3) is 0.273. The van der Waals surface area contributed by atoms with E-state index in [9.17, 15) is 13.2 Å². The number of nitrogens with zero attached hydrogens (tertiary/aromatic N) is 5. The molecule has 1 saturated carbocycles. The number of aromatic nitrogens is 5. The van der Waals surface area contributed by atoms with E-state index in [0.29, 0.717) is 22.6 Å². The number of anilines is 2. The number of rotatable bonds is 10. The van der Waals surface area contributed by atoms with E-state index >= 15 is 0 Å². The third-order valence-corrected chi connectivity index (χ3v) is 8.82. The SMILES string of the molecule is CCc1c(-c2cn(-c3cc(C(=O)Nc4cc(C5(C)CC5)cc(NS(C)(=O)=O)c4OC)ccc3C)nn2)cnn1-c1ccccc1. The van der Waals surface area contributed by atoms with Gasteiger partial charge in [0, 0.05) is 11.1 Å². The molecule has 0 saturated heterocycles. The van der Waals surface area contributed by atoms with Crippen LogP contribution in [-0.2, 0) is 21.9 Å². The molecule has 232 valence electrons. The summed E-state index contributed by atoms with van der Waals surface area (Å²) in [5.74, 6) is -0.145. The van der Waals surface area contributed by atoms with Crippen LogP contribution in [0.1, 0.15) is 53.9 Å². The molecule has 1 amide bonds. The molecule has 5 aromatic rings. The van der Waals surface area contributed by atoms with Crippen molar-refractivity contribution in [2.24, 2.45) is 0 Å². The zero-order chi connectivity index (χ0) is 31.9. The van der Waals surface area contributed by atoms with E-state index in [1.54, 1.807) is 29.1 Å². The second kappa shape index (κ2) is 11.5. The van der Waals surface area contributed by atoms with Gasteiger partial charge in [-0.15, -0.1) is 5.10 Å². The van der Waals surface area contributed by atoms with Crippen molar-refractivity contribution in [3.05, 3.63) is 95.4 Å². The van der Waals surface area contributed by atoms with Crippen LogP contribution in [-0.4, -0.2) is 52.5 Å². The Morgan fingerprint density at radius 2 is 1.80 bits per heavy atom. The molecule has 0 aliphatic heterocycles. The van der Waals surface area contributed by atoms with Crippen LogP contribution < -0.4 is 14.8 Å². The minimum atomic E-state index is -3.59. The summed E-state index contributed by atoms with van der Waals surface area (Å²) >= 11 is 0. The quantitative estimate of drug-likeness (QED) is 0.204. The molecule has 2 N–H and O–H groups in total. The second-order valence-corrected chi connectivity index (χ2v) is 13.4. The number of aryl methyl sites for hydroxylation is 1. The van der Waals surface area contributed by atoms with Gasteiger partial charge >= 0.3 is 0 Å². The van der Waals surface area contributed by atoms with Gasteiger partial charge in [0.15, 0.2) is 5.75 Å². The number of methoxy groups -OCH3 is 1. The Hall–Kier alpha value is -4.97. The monoisotopic (exact) mass is 625 g/mol. The summed E-state index contributed by atoms with van der Waals surface area (Å²) in [6.07, 6.45) is 7.40. The molecule has 2 heterocycles. The Balaban J connectivity index is 1.31. The van der Waals surface area contributed by atoms with E-state index in [4.69, 9.17) is 4.74 Å². The molecule has 45 heavy (non-hydrogen) atoms. The summed E-state index contributed by atoms with van der Waals surface area (Å²) in [5, 5.41) is 16.4. The van der Waals surface area contributed by atoms with Gasteiger partial charge in [-0.25, -0.2) is 17.8 Å². The van der Waals surface area contributed by atoms with E-state index in [2.05, 4.69) is 39.3 Å². The Labute approximate surface area is 262 Å². The molecule has 2 aromatic heterocycles. The Morgan fingerprint density at radius 3 is 2.47 bits per heavy atom. The van der Waals surface area contributed by atoms with Crippen molar-refractivity contribution < 1.29 is 17.9 Å². The molecule has 11 nitrogen and oxygen atoms in total. The first kappa shape index (κ1) is 30.1. The number of benzene rings is 3. The smallest absolute Gasteiger partial charge is 0.255 e. The topological polar surface area (TPSA) is 133 Å². The number of hydrogen-bond donors (Lipinski definition) is 2. The lowest BCUT2D eigenvalue weighted by atomic mass is 9.96. The van der Waals surface area contributed by atoms with E-state index < -0.39 is 10.0 Å². The lowest BCUT2D eigenvalue weighted by Gasteiger charge is -2.19. The van der Waals surface area contributed by atoms with Crippen molar-refractivity contribution in [2.45, 2.75) is 45.4 Å². The Kier molecular flexibility index (Phi) is 7.69. The number of ether oxygens (including phenoxy) is 1. The molecule has 1 aliphatic rings. The first-order chi connectivity index (χ1) is 21.5. The summed E-state index contributed by atoms with van der Waals surface area (Å²) in [6, 6.07) is 18.9.